The average Bonchev–Trinajstić information content (AvgIpc) is 3.53. The molecule has 0 radical (unpaired) electrons. The Labute approximate surface area is 254 Å². The van der Waals surface area contributed by atoms with Gasteiger partial charge in [0.15, 0.2) is 0 Å². The van der Waals surface area contributed by atoms with E-state index in [-0.39, 0.29) is 17.3 Å². The van der Waals surface area contributed by atoms with E-state index in [0.717, 1.165) is 24.9 Å². The molecule has 0 aromatic heterocycles. The van der Waals surface area contributed by atoms with Crippen LogP contribution in [0.25, 0.3) is 17.3 Å². The lowest BCUT2D eigenvalue weighted by Crippen LogP contribution is -2.30. The summed E-state index contributed by atoms with van der Waals surface area (Å²) in [7, 11) is 0. The van der Waals surface area contributed by atoms with Crippen molar-refractivity contribution in [2.45, 2.75) is 32.1 Å². The minimum Gasteiger partial charge on any atom is -0.354 e. The number of anilines is 2. The zero-order valence-corrected chi connectivity index (χ0v) is 24.0. The van der Waals surface area contributed by atoms with Crippen LogP contribution in [0.2, 0.25) is 0 Å². The van der Waals surface area contributed by atoms with Crippen LogP contribution in [0.15, 0.2) is 72.4 Å². The highest BCUT2D eigenvalue weighted by Gasteiger charge is 2.30. The first-order valence-electron chi connectivity index (χ1n) is 14.7. The normalized spacial score (nSPS) is 18.5. The Hall–Kier alpha value is -5.29. The SMILES string of the molecule is O=C1NC(=O)/C(=C/c2ccc(NC(=C3C(=O)Nc4ccc([N+](=O)[O-])cc43)c3ccc(CCCN4CCCCC4)cc3)cc2)N1. The number of benzene rings is 3. The number of hydrogen-bond acceptors (Lipinski definition) is 7. The van der Waals surface area contributed by atoms with Crippen LogP contribution in [0.4, 0.5) is 21.9 Å². The molecular formula is C33H32N6O5. The minimum atomic E-state index is -0.570. The van der Waals surface area contributed by atoms with Crippen molar-refractivity contribution in [3.63, 3.8) is 0 Å². The maximum Gasteiger partial charge on any atom is 0.326 e. The van der Waals surface area contributed by atoms with Crippen LogP contribution in [0, 0.1) is 10.1 Å². The fraction of sp³-hybridized carbons (Fsp3) is 0.242. The Morgan fingerprint density at radius 2 is 1.64 bits per heavy atom. The van der Waals surface area contributed by atoms with E-state index in [4.69, 9.17) is 0 Å². The molecule has 0 atom stereocenters. The summed E-state index contributed by atoms with van der Waals surface area (Å²) in [6.45, 7) is 3.43. The highest BCUT2D eigenvalue weighted by molar-refractivity contribution is 6.37. The molecule has 3 heterocycles. The Balaban J connectivity index is 1.29. The number of likely N-dealkylation sites (tertiary alicyclic amines) is 1. The van der Waals surface area contributed by atoms with E-state index < -0.39 is 16.9 Å². The van der Waals surface area contributed by atoms with Gasteiger partial charge in [0.2, 0.25) is 0 Å². The molecule has 2 saturated heterocycles. The van der Waals surface area contributed by atoms with Crippen LogP contribution in [-0.2, 0) is 16.0 Å². The molecule has 3 aliphatic heterocycles. The standard InChI is InChI=1S/C33H32N6O5/c40-31-28(36-33(42)37-31)19-22-8-12-24(13-9-22)34-30(29-26-20-25(39(43)44)14-15-27(26)35-32(29)41)23-10-6-21(7-11-23)5-4-18-38-16-2-1-3-17-38/h6-15,19-20,34H,1-5,16-18H2,(H,35,41)(H2,36,37,40,42)/b28-19-,30-29?. The van der Waals surface area contributed by atoms with Gasteiger partial charge in [0.25, 0.3) is 17.5 Å². The fourth-order valence-corrected chi connectivity index (χ4v) is 5.78. The molecule has 4 N–H and O–H groups in total. The first-order chi connectivity index (χ1) is 21.3. The van der Waals surface area contributed by atoms with Crippen molar-refractivity contribution in [3.05, 3.63) is 105 Å². The lowest BCUT2D eigenvalue weighted by Gasteiger charge is -2.26. The highest BCUT2D eigenvalue weighted by Crippen LogP contribution is 2.39. The van der Waals surface area contributed by atoms with Gasteiger partial charge in [0.05, 0.1) is 16.2 Å². The monoisotopic (exact) mass is 592 g/mol. The van der Waals surface area contributed by atoms with Gasteiger partial charge in [-0.2, -0.15) is 0 Å². The van der Waals surface area contributed by atoms with Crippen molar-refractivity contribution in [1.82, 2.24) is 15.5 Å². The molecule has 6 rings (SSSR count). The second kappa shape index (κ2) is 12.5. The molecule has 44 heavy (non-hydrogen) atoms. The molecule has 3 aliphatic rings. The number of imide groups is 1. The van der Waals surface area contributed by atoms with Gasteiger partial charge in [-0.05, 0) is 86.3 Å². The Morgan fingerprint density at radius 3 is 2.32 bits per heavy atom. The number of carbonyl (C=O) groups is 3. The van der Waals surface area contributed by atoms with Crippen LogP contribution >= 0.6 is 0 Å². The van der Waals surface area contributed by atoms with Crippen molar-refractivity contribution >= 4 is 52.3 Å². The van der Waals surface area contributed by atoms with E-state index in [2.05, 4.69) is 38.3 Å². The number of piperidine rings is 1. The van der Waals surface area contributed by atoms with E-state index in [0.29, 0.717) is 33.8 Å². The van der Waals surface area contributed by atoms with E-state index in [1.165, 1.54) is 50.0 Å². The van der Waals surface area contributed by atoms with E-state index in [9.17, 15) is 24.5 Å². The number of nitro benzene ring substituents is 1. The Morgan fingerprint density at radius 1 is 0.886 bits per heavy atom. The molecule has 11 nitrogen and oxygen atoms in total. The molecule has 4 amide bonds. The van der Waals surface area contributed by atoms with E-state index >= 15 is 0 Å². The third-order valence-electron chi connectivity index (χ3n) is 8.05. The Bertz CT molecular complexity index is 1690. The van der Waals surface area contributed by atoms with Crippen molar-refractivity contribution in [1.29, 1.82) is 0 Å². The smallest absolute Gasteiger partial charge is 0.326 e. The molecule has 0 aliphatic carbocycles. The van der Waals surface area contributed by atoms with Gasteiger partial charge in [0, 0.05) is 29.1 Å². The quantitative estimate of drug-likeness (QED) is 0.117. The number of urea groups is 1. The predicted octanol–water partition coefficient (Wildman–Crippen LogP) is 5.13. The van der Waals surface area contributed by atoms with Gasteiger partial charge < -0.3 is 20.9 Å². The maximum atomic E-state index is 13.3. The van der Waals surface area contributed by atoms with Crippen LogP contribution in [0.1, 0.15) is 47.9 Å². The van der Waals surface area contributed by atoms with Crippen LogP contribution in [-0.4, -0.2) is 47.3 Å². The molecule has 0 spiro atoms. The molecule has 2 fully saturated rings. The second-order valence-electron chi connectivity index (χ2n) is 11.1. The topological polar surface area (TPSA) is 146 Å². The van der Waals surface area contributed by atoms with Crippen LogP contribution < -0.4 is 21.3 Å². The largest absolute Gasteiger partial charge is 0.354 e. The summed E-state index contributed by atoms with van der Waals surface area (Å²) < 4.78 is 0. The number of nitrogens with one attached hydrogen (secondary N) is 4. The number of carbonyl (C=O) groups excluding carboxylic acids is 3. The van der Waals surface area contributed by atoms with Gasteiger partial charge in [0.1, 0.15) is 5.70 Å². The molecule has 0 saturated carbocycles. The van der Waals surface area contributed by atoms with E-state index in [1.54, 1.807) is 36.4 Å². The summed E-state index contributed by atoms with van der Waals surface area (Å²) in [4.78, 5) is 50.2. The number of rotatable bonds is 9. The van der Waals surface area contributed by atoms with Gasteiger partial charge >= 0.3 is 6.03 Å². The zero-order chi connectivity index (χ0) is 30.6. The van der Waals surface area contributed by atoms with Crippen molar-refractivity contribution in [3.8, 4) is 0 Å². The summed E-state index contributed by atoms with van der Waals surface area (Å²) >= 11 is 0. The summed E-state index contributed by atoms with van der Waals surface area (Å²) in [6.07, 6.45) is 7.44. The summed E-state index contributed by atoms with van der Waals surface area (Å²) in [5.41, 5.74) is 5.10. The second-order valence-corrected chi connectivity index (χ2v) is 11.1. The summed E-state index contributed by atoms with van der Waals surface area (Å²) in [5.74, 6) is -0.864. The zero-order valence-electron chi connectivity index (χ0n) is 24.0. The number of nitro groups is 1. The van der Waals surface area contributed by atoms with Crippen molar-refractivity contribution in [2.75, 3.05) is 30.3 Å². The molecule has 0 unspecified atom stereocenters. The molecule has 3 aromatic rings. The first-order valence-corrected chi connectivity index (χ1v) is 14.7. The number of aryl methyl sites for hydroxylation is 1. The Kier molecular flexibility index (Phi) is 8.20. The van der Waals surface area contributed by atoms with Gasteiger partial charge in [-0.15, -0.1) is 0 Å². The number of hydrogen-bond donors (Lipinski definition) is 4. The molecule has 3 aromatic carbocycles. The van der Waals surface area contributed by atoms with Crippen LogP contribution in [0.3, 0.4) is 0 Å². The summed E-state index contributed by atoms with van der Waals surface area (Å²) in [5, 5.41) is 22.4. The number of fused-ring (bicyclic) bond motifs is 1. The number of amides is 4. The van der Waals surface area contributed by atoms with Gasteiger partial charge in [-0.1, -0.05) is 42.8 Å². The molecule has 224 valence electrons. The molecule has 11 heteroatoms. The predicted molar refractivity (Wildman–Crippen MR) is 168 cm³/mol. The van der Waals surface area contributed by atoms with Crippen molar-refractivity contribution < 1.29 is 19.3 Å². The molecular weight excluding hydrogens is 560 g/mol. The lowest BCUT2D eigenvalue weighted by atomic mass is 9.98. The van der Waals surface area contributed by atoms with Crippen molar-refractivity contribution in [2.24, 2.45) is 0 Å². The third kappa shape index (κ3) is 6.37. The third-order valence-corrected chi connectivity index (χ3v) is 8.05. The maximum absolute atomic E-state index is 13.3. The van der Waals surface area contributed by atoms with E-state index in [1.807, 2.05) is 12.1 Å². The van der Waals surface area contributed by atoms with Crippen LogP contribution in [0.5, 0.6) is 0 Å². The number of nitrogens with zero attached hydrogens (tertiary/aromatic N) is 2. The lowest BCUT2D eigenvalue weighted by molar-refractivity contribution is -0.384. The first kappa shape index (κ1) is 28.8. The summed E-state index contributed by atoms with van der Waals surface area (Å²) in [6, 6.07) is 18.9. The number of non-ortho nitro benzene ring substituents is 1. The van der Waals surface area contributed by atoms with Gasteiger partial charge in [-0.3, -0.25) is 25.0 Å². The molecule has 0 bridgehead atoms. The average molecular weight is 593 g/mol. The van der Waals surface area contributed by atoms with Gasteiger partial charge in [-0.25, -0.2) is 4.79 Å². The fourth-order valence-electron chi connectivity index (χ4n) is 5.78. The minimum absolute atomic E-state index is 0.110. The highest BCUT2D eigenvalue weighted by atomic mass is 16.6.